The topological polar surface area (TPSA) is 101 Å². The summed E-state index contributed by atoms with van der Waals surface area (Å²) in [7, 11) is 0. The molecule has 2 N–H and O–H groups in total. The summed E-state index contributed by atoms with van der Waals surface area (Å²) in [5.74, 6) is 1.34. The molecule has 1 aliphatic rings. The Balaban J connectivity index is 0.00000512. The average molecular weight is 563 g/mol. The molecular formula is C22H38IN5O4. The minimum Gasteiger partial charge on any atom is -0.382 e. The van der Waals surface area contributed by atoms with Crippen LogP contribution in [0.2, 0.25) is 0 Å². The number of guanidine groups is 1. The maximum Gasteiger partial charge on any atom is 0.269 e. The van der Waals surface area contributed by atoms with Crippen LogP contribution >= 0.6 is 24.0 Å². The minimum atomic E-state index is -0.396. The number of morpholine rings is 1. The largest absolute Gasteiger partial charge is 0.382 e. The van der Waals surface area contributed by atoms with Crippen molar-refractivity contribution >= 4 is 35.6 Å². The number of hydrogen-bond acceptors (Lipinski definition) is 6. The third-order valence-electron chi connectivity index (χ3n) is 4.87. The first-order valence-corrected chi connectivity index (χ1v) is 11.1. The number of benzene rings is 1. The fourth-order valence-electron chi connectivity index (χ4n) is 3.39. The lowest BCUT2D eigenvalue weighted by Crippen LogP contribution is -2.50. The van der Waals surface area contributed by atoms with Crippen LogP contribution in [0.3, 0.4) is 0 Å². The molecule has 1 unspecified atom stereocenters. The first-order chi connectivity index (χ1) is 15.0. The number of hydrogen-bond donors (Lipinski definition) is 2. The van der Waals surface area contributed by atoms with Crippen molar-refractivity contribution in [2.45, 2.75) is 39.8 Å². The summed E-state index contributed by atoms with van der Waals surface area (Å²) in [6.07, 6.45) is 0.996. The zero-order chi connectivity index (χ0) is 22.5. The maximum absolute atomic E-state index is 10.8. The van der Waals surface area contributed by atoms with Crippen LogP contribution in [-0.2, 0) is 16.0 Å². The first kappa shape index (κ1) is 28.5. The van der Waals surface area contributed by atoms with E-state index in [0.717, 1.165) is 44.8 Å². The summed E-state index contributed by atoms with van der Waals surface area (Å²) in [6, 6.07) is 6.49. The lowest BCUT2D eigenvalue weighted by Gasteiger charge is -2.34. The predicted octanol–water partition coefficient (Wildman–Crippen LogP) is 3.03. The quantitative estimate of drug-likeness (QED) is 0.101. The first-order valence-electron chi connectivity index (χ1n) is 11.1. The number of rotatable bonds is 12. The Morgan fingerprint density at radius 3 is 2.75 bits per heavy atom. The highest BCUT2D eigenvalue weighted by Gasteiger charge is 2.21. The Morgan fingerprint density at radius 1 is 1.34 bits per heavy atom. The van der Waals surface area contributed by atoms with Gasteiger partial charge in [-0.2, -0.15) is 0 Å². The third-order valence-corrected chi connectivity index (χ3v) is 4.87. The smallest absolute Gasteiger partial charge is 0.269 e. The van der Waals surface area contributed by atoms with Gasteiger partial charge in [0.2, 0.25) is 0 Å². The van der Waals surface area contributed by atoms with E-state index in [4.69, 9.17) is 9.47 Å². The SMILES string of the molecule is CCOCCCNC(=NCc1ccc([N+](=O)[O-])cc1)NCC1CN(CC(C)C)CCO1.I. The van der Waals surface area contributed by atoms with Crippen molar-refractivity contribution in [3.8, 4) is 0 Å². The number of nitro benzene ring substituents is 1. The van der Waals surface area contributed by atoms with E-state index < -0.39 is 4.92 Å². The van der Waals surface area contributed by atoms with Gasteiger partial charge >= 0.3 is 0 Å². The summed E-state index contributed by atoms with van der Waals surface area (Å²) >= 11 is 0. The second-order valence-electron chi connectivity index (χ2n) is 8.09. The van der Waals surface area contributed by atoms with Gasteiger partial charge in [-0.3, -0.25) is 15.0 Å². The van der Waals surface area contributed by atoms with E-state index in [0.29, 0.717) is 38.2 Å². The molecule has 10 heteroatoms. The molecule has 0 spiro atoms. The molecule has 1 fully saturated rings. The number of nitrogens with one attached hydrogen (secondary N) is 2. The van der Waals surface area contributed by atoms with Crippen LogP contribution < -0.4 is 10.6 Å². The van der Waals surface area contributed by atoms with E-state index >= 15 is 0 Å². The lowest BCUT2D eigenvalue weighted by atomic mass is 10.2. The van der Waals surface area contributed by atoms with E-state index in [1.807, 2.05) is 6.92 Å². The van der Waals surface area contributed by atoms with Crippen molar-refractivity contribution in [2.75, 3.05) is 52.5 Å². The van der Waals surface area contributed by atoms with E-state index in [2.05, 4.69) is 34.4 Å². The van der Waals surface area contributed by atoms with Crippen LogP contribution in [0.4, 0.5) is 5.69 Å². The summed E-state index contributed by atoms with van der Waals surface area (Å²) in [5, 5.41) is 17.6. The zero-order valence-corrected chi connectivity index (χ0v) is 21.7. The number of halogens is 1. The monoisotopic (exact) mass is 563 g/mol. The highest BCUT2D eigenvalue weighted by Crippen LogP contribution is 2.12. The minimum absolute atomic E-state index is 0. The molecule has 1 aromatic carbocycles. The molecule has 0 aromatic heterocycles. The van der Waals surface area contributed by atoms with Crippen LogP contribution in [0, 0.1) is 16.0 Å². The van der Waals surface area contributed by atoms with Gasteiger partial charge in [0.25, 0.3) is 5.69 Å². The van der Waals surface area contributed by atoms with Crippen molar-refractivity contribution in [2.24, 2.45) is 10.9 Å². The van der Waals surface area contributed by atoms with Crippen LogP contribution in [0.1, 0.15) is 32.8 Å². The molecule has 1 aliphatic heterocycles. The third kappa shape index (κ3) is 11.4. The van der Waals surface area contributed by atoms with Crippen molar-refractivity contribution in [3.63, 3.8) is 0 Å². The highest BCUT2D eigenvalue weighted by atomic mass is 127. The van der Waals surface area contributed by atoms with Crippen LogP contribution in [0.5, 0.6) is 0 Å². The summed E-state index contributed by atoms with van der Waals surface area (Å²) in [6.45, 7) is 13.4. The Hall–Kier alpha value is -1.50. The van der Waals surface area contributed by atoms with Gasteiger partial charge in [0.1, 0.15) is 0 Å². The van der Waals surface area contributed by atoms with E-state index in [9.17, 15) is 10.1 Å². The number of ether oxygens (including phenoxy) is 2. The fourth-order valence-corrected chi connectivity index (χ4v) is 3.39. The van der Waals surface area contributed by atoms with Crippen molar-refractivity contribution in [1.29, 1.82) is 0 Å². The molecule has 2 rings (SSSR count). The van der Waals surface area contributed by atoms with Gasteiger partial charge < -0.3 is 20.1 Å². The summed E-state index contributed by atoms with van der Waals surface area (Å²) < 4.78 is 11.3. The van der Waals surface area contributed by atoms with Gasteiger partial charge in [-0.15, -0.1) is 24.0 Å². The van der Waals surface area contributed by atoms with Crippen molar-refractivity contribution in [1.82, 2.24) is 15.5 Å². The molecule has 0 saturated carbocycles. The zero-order valence-electron chi connectivity index (χ0n) is 19.4. The molecule has 1 atom stereocenters. The van der Waals surface area contributed by atoms with Crippen LogP contribution in [-0.4, -0.2) is 74.4 Å². The molecule has 0 radical (unpaired) electrons. The molecule has 182 valence electrons. The summed E-state index contributed by atoms with van der Waals surface area (Å²) in [4.78, 5) is 17.5. The standard InChI is InChI=1S/C22H37N5O4.HI/c1-4-30-12-5-10-23-22(24-14-19-6-8-20(9-7-19)27(28)29)25-15-21-17-26(11-13-31-21)16-18(2)3;/h6-9,18,21H,4-5,10-17H2,1-3H3,(H2,23,24,25);1H. The molecule has 32 heavy (non-hydrogen) atoms. The fraction of sp³-hybridized carbons (Fsp3) is 0.682. The van der Waals surface area contributed by atoms with Crippen molar-refractivity contribution in [3.05, 3.63) is 39.9 Å². The van der Waals surface area contributed by atoms with E-state index in [1.54, 1.807) is 12.1 Å². The van der Waals surface area contributed by atoms with Gasteiger partial charge in [-0.1, -0.05) is 26.0 Å². The Morgan fingerprint density at radius 2 is 2.09 bits per heavy atom. The number of nitrogens with zero attached hydrogens (tertiary/aromatic N) is 3. The Kier molecular flexibility index (Phi) is 14.4. The van der Waals surface area contributed by atoms with Gasteiger partial charge in [-0.25, -0.2) is 4.99 Å². The van der Waals surface area contributed by atoms with Crippen molar-refractivity contribution < 1.29 is 14.4 Å². The molecule has 1 aromatic rings. The molecule has 1 heterocycles. The Bertz CT molecular complexity index is 687. The number of aliphatic imine (C=N–C) groups is 1. The molecule has 0 amide bonds. The molecule has 0 bridgehead atoms. The van der Waals surface area contributed by atoms with Gasteiger partial charge in [0, 0.05) is 58.1 Å². The average Bonchev–Trinajstić information content (AvgIpc) is 2.75. The van der Waals surface area contributed by atoms with Gasteiger partial charge in [-0.05, 0) is 24.8 Å². The number of nitro groups is 1. The maximum atomic E-state index is 10.8. The highest BCUT2D eigenvalue weighted by molar-refractivity contribution is 14.0. The molecular weight excluding hydrogens is 525 g/mol. The molecule has 0 aliphatic carbocycles. The predicted molar refractivity (Wildman–Crippen MR) is 138 cm³/mol. The summed E-state index contributed by atoms with van der Waals surface area (Å²) in [5.41, 5.74) is 0.999. The van der Waals surface area contributed by atoms with Gasteiger partial charge in [0.15, 0.2) is 5.96 Å². The molecule has 1 saturated heterocycles. The van der Waals surface area contributed by atoms with E-state index in [1.165, 1.54) is 12.1 Å². The van der Waals surface area contributed by atoms with Crippen LogP contribution in [0.25, 0.3) is 0 Å². The Labute approximate surface area is 208 Å². The van der Waals surface area contributed by atoms with Gasteiger partial charge in [0.05, 0.1) is 24.2 Å². The normalized spacial score (nSPS) is 17.1. The van der Waals surface area contributed by atoms with Crippen LogP contribution in [0.15, 0.2) is 29.3 Å². The molecule has 9 nitrogen and oxygen atoms in total. The number of non-ortho nitro benzene ring substituents is 1. The second kappa shape index (κ2) is 16.2. The second-order valence-corrected chi connectivity index (χ2v) is 8.09. The lowest BCUT2D eigenvalue weighted by molar-refractivity contribution is -0.384. The van der Waals surface area contributed by atoms with E-state index in [-0.39, 0.29) is 35.8 Å².